The maximum atomic E-state index is 13.3. The summed E-state index contributed by atoms with van der Waals surface area (Å²) in [5.41, 5.74) is 1.07. The molecule has 9 nitrogen and oxygen atoms in total. The Labute approximate surface area is 217 Å². The average Bonchev–Trinajstić information content (AvgIpc) is 3.43. The van der Waals surface area contributed by atoms with Crippen molar-refractivity contribution in [3.8, 4) is 11.5 Å². The van der Waals surface area contributed by atoms with Gasteiger partial charge in [0.1, 0.15) is 28.7 Å². The van der Waals surface area contributed by atoms with Crippen LogP contribution in [0.25, 0.3) is 5.76 Å². The average molecular weight is 521 g/mol. The van der Waals surface area contributed by atoms with Gasteiger partial charge in [0.2, 0.25) is 0 Å². The van der Waals surface area contributed by atoms with Crippen LogP contribution in [0.5, 0.6) is 11.5 Å². The molecule has 1 aliphatic heterocycles. The Hall–Kier alpha value is -4.44. The normalized spacial score (nSPS) is 16.5. The lowest BCUT2D eigenvalue weighted by Crippen LogP contribution is -2.29. The van der Waals surface area contributed by atoms with Gasteiger partial charge < -0.3 is 19.3 Å². The van der Waals surface area contributed by atoms with Crippen LogP contribution < -0.4 is 14.4 Å². The number of hydrogen-bond acceptors (Lipinski definition) is 9. The molecule has 2 heterocycles. The fraction of sp³-hybridized carbons (Fsp3) is 0.185. The van der Waals surface area contributed by atoms with Gasteiger partial charge in [-0.1, -0.05) is 48.3 Å². The van der Waals surface area contributed by atoms with Gasteiger partial charge in [-0.2, -0.15) is 0 Å². The standard InChI is InChI=1S/C27H24N2O7S/c1-5-13-36-18-11-9-16(10-12-18)21-20(22(30)17-7-6-8-19(14-17)34-3)23(31)25(32)29(21)27-28-15(2)24(37-27)26(33)35-4/h5-12,14,21,30H,1,13H2,2-4H3. The molecule has 190 valence electrons. The molecule has 2 aromatic carbocycles. The number of Topliss-reactive ketones (excluding diaryl/α,β-unsaturated/α-hetero) is 1. The summed E-state index contributed by atoms with van der Waals surface area (Å²) >= 11 is 0.931. The highest BCUT2D eigenvalue weighted by Crippen LogP contribution is 2.44. The number of benzene rings is 2. The molecule has 1 N–H and O–H groups in total. The first-order valence-corrected chi connectivity index (χ1v) is 12.0. The number of aromatic nitrogens is 1. The Morgan fingerprint density at radius 2 is 1.89 bits per heavy atom. The summed E-state index contributed by atoms with van der Waals surface area (Å²) in [4.78, 5) is 44.7. The second-order valence-electron chi connectivity index (χ2n) is 7.97. The van der Waals surface area contributed by atoms with Gasteiger partial charge in [-0.25, -0.2) is 9.78 Å². The molecular formula is C27H24N2O7S. The summed E-state index contributed by atoms with van der Waals surface area (Å²) < 4.78 is 15.6. The molecule has 1 fully saturated rings. The summed E-state index contributed by atoms with van der Waals surface area (Å²) in [6, 6.07) is 12.3. The Bertz CT molecular complexity index is 1410. The second kappa shape index (κ2) is 10.7. The van der Waals surface area contributed by atoms with E-state index in [9.17, 15) is 19.5 Å². The van der Waals surface area contributed by atoms with E-state index in [0.717, 1.165) is 11.3 Å². The van der Waals surface area contributed by atoms with E-state index in [1.807, 2.05) is 0 Å². The van der Waals surface area contributed by atoms with Crippen molar-refractivity contribution in [2.24, 2.45) is 0 Å². The van der Waals surface area contributed by atoms with Crippen LogP contribution in [-0.4, -0.2) is 48.6 Å². The Morgan fingerprint density at radius 3 is 2.54 bits per heavy atom. The molecule has 10 heteroatoms. The zero-order chi connectivity index (χ0) is 26.7. The predicted octanol–water partition coefficient (Wildman–Crippen LogP) is 4.44. The molecule has 1 saturated heterocycles. The fourth-order valence-electron chi connectivity index (χ4n) is 3.94. The predicted molar refractivity (Wildman–Crippen MR) is 138 cm³/mol. The maximum Gasteiger partial charge on any atom is 0.350 e. The Balaban J connectivity index is 1.90. The highest BCUT2D eigenvalue weighted by Gasteiger charge is 2.48. The van der Waals surface area contributed by atoms with Crippen molar-refractivity contribution in [3.63, 3.8) is 0 Å². The van der Waals surface area contributed by atoms with E-state index in [0.29, 0.717) is 34.9 Å². The fourth-order valence-corrected chi connectivity index (χ4v) is 4.95. The van der Waals surface area contributed by atoms with Crippen molar-refractivity contribution in [1.82, 2.24) is 4.98 Å². The third-order valence-corrected chi connectivity index (χ3v) is 6.85. The van der Waals surface area contributed by atoms with Crippen LogP contribution >= 0.6 is 11.3 Å². The number of hydrogen-bond donors (Lipinski definition) is 1. The summed E-state index contributed by atoms with van der Waals surface area (Å²) in [6.45, 7) is 5.55. The number of aryl methyl sites for hydroxylation is 1. The second-order valence-corrected chi connectivity index (χ2v) is 8.95. The van der Waals surface area contributed by atoms with Crippen LogP contribution in [0.15, 0.2) is 66.8 Å². The van der Waals surface area contributed by atoms with E-state index in [1.54, 1.807) is 61.5 Å². The number of aliphatic hydroxyl groups is 1. The van der Waals surface area contributed by atoms with Crippen molar-refractivity contribution < 1.29 is 33.7 Å². The molecule has 1 aromatic heterocycles. The summed E-state index contributed by atoms with van der Waals surface area (Å²) in [5, 5.41) is 11.4. The van der Waals surface area contributed by atoms with Crippen molar-refractivity contribution in [2.45, 2.75) is 13.0 Å². The number of ether oxygens (including phenoxy) is 3. The Kier molecular flexibility index (Phi) is 7.40. The zero-order valence-electron chi connectivity index (χ0n) is 20.4. The molecule has 1 amide bonds. The maximum absolute atomic E-state index is 13.3. The molecular weight excluding hydrogens is 496 g/mol. The number of thiazole rings is 1. The highest BCUT2D eigenvalue weighted by atomic mass is 32.1. The topological polar surface area (TPSA) is 115 Å². The first-order chi connectivity index (χ1) is 17.8. The van der Waals surface area contributed by atoms with Crippen LogP contribution in [0.1, 0.15) is 32.5 Å². The molecule has 0 radical (unpaired) electrons. The molecule has 1 unspecified atom stereocenters. The number of methoxy groups -OCH3 is 2. The largest absolute Gasteiger partial charge is 0.507 e. The number of ketones is 1. The van der Waals surface area contributed by atoms with Crippen LogP contribution in [0, 0.1) is 6.92 Å². The van der Waals surface area contributed by atoms with E-state index in [-0.39, 0.29) is 21.3 Å². The lowest BCUT2D eigenvalue weighted by molar-refractivity contribution is -0.132. The SMILES string of the molecule is C=CCOc1ccc(C2C(=C(O)c3cccc(OC)c3)C(=O)C(=O)N2c2nc(C)c(C(=O)OC)s2)cc1. The van der Waals surface area contributed by atoms with Gasteiger partial charge in [-0.3, -0.25) is 14.5 Å². The minimum absolute atomic E-state index is 0.120. The molecule has 1 atom stereocenters. The number of carbonyl (C=O) groups excluding carboxylic acids is 3. The van der Waals surface area contributed by atoms with Gasteiger partial charge in [0, 0.05) is 5.56 Å². The zero-order valence-corrected chi connectivity index (χ0v) is 21.2. The number of esters is 1. The van der Waals surface area contributed by atoms with Crippen molar-refractivity contribution in [1.29, 1.82) is 0 Å². The van der Waals surface area contributed by atoms with Gasteiger partial charge in [-0.15, -0.1) is 0 Å². The first kappa shape index (κ1) is 25.6. The van der Waals surface area contributed by atoms with Gasteiger partial charge in [0.25, 0.3) is 5.78 Å². The smallest absolute Gasteiger partial charge is 0.350 e. The lowest BCUT2D eigenvalue weighted by atomic mass is 9.95. The Morgan fingerprint density at radius 1 is 1.16 bits per heavy atom. The van der Waals surface area contributed by atoms with Crippen LogP contribution in [-0.2, 0) is 14.3 Å². The van der Waals surface area contributed by atoms with Crippen LogP contribution in [0.4, 0.5) is 5.13 Å². The molecule has 0 aliphatic carbocycles. The van der Waals surface area contributed by atoms with E-state index >= 15 is 0 Å². The third-order valence-electron chi connectivity index (χ3n) is 5.71. The molecule has 3 aromatic rings. The van der Waals surface area contributed by atoms with Gasteiger partial charge in [0.05, 0.1) is 31.5 Å². The lowest BCUT2D eigenvalue weighted by Gasteiger charge is -2.23. The highest BCUT2D eigenvalue weighted by molar-refractivity contribution is 7.17. The third kappa shape index (κ3) is 4.83. The number of carbonyl (C=O) groups is 3. The first-order valence-electron chi connectivity index (χ1n) is 11.2. The van der Waals surface area contributed by atoms with Gasteiger partial charge in [-0.05, 0) is 36.8 Å². The minimum Gasteiger partial charge on any atom is -0.507 e. The monoisotopic (exact) mass is 520 g/mol. The van der Waals surface area contributed by atoms with Crippen molar-refractivity contribution >= 4 is 39.9 Å². The number of amides is 1. The number of aliphatic hydroxyl groups excluding tert-OH is 1. The number of rotatable bonds is 8. The summed E-state index contributed by atoms with van der Waals surface area (Å²) in [6.07, 6.45) is 1.61. The van der Waals surface area contributed by atoms with Crippen molar-refractivity contribution in [2.75, 3.05) is 25.7 Å². The molecule has 0 spiro atoms. The molecule has 1 aliphatic rings. The van der Waals surface area contributed by atoms with E-state index in [2.05, 4.69) is 11.6 Å². The summed E-state index contributed by atoms with van der Waals surface area (Å²) in [7, 11) is 2.73. The summed E-state index contributed by atoms with van der Waals surface area (Å²) in [5.74, 6) is -1.70. The molecule has 0 saturated carbocycles. The minimum atomic E-state index is -1.02. The van der Waals surface area contributed by atoms with Crippen LogP contribution in [0.2, 0.25) is 0 Å². The quantitative estimate of drug-likeness (QED) is 0.152. The van der Waals surface area contributed by atoms with Gasteiger partial charge in [0.15, 0.2) is 5.13 Å². The molecule has 37 heavy (non-hydrogen) atoms. The van der Waals surface area contributed by atoms with E-state index in [1.165, 1.54) is 19.1 Å². The number of anilines is 1. The van der Waals surface area contributed by atoms with Crippen molar-refractivity contribution in [3.05, 3.63) is 88.5 Å². The van der Waals surface area contributed by atoms with E-state index < -0.39 is 23.7 Å². The number of nitrogens with zero attached hydrogens (tertiary/aromatic N) is 2. The van der Waals surface area contributed by atoms with E-state index in [4.69, 9.17) is 14.2 Å². The molecule has 4 rings (SSSR count). The van der Waals surface area contributed by atoms with Gasteiger partial charge >= 0.3 is 11.9 Å². The molecule has 0 bridgehead atoms. The van der Waals surface area contributed by atoms with Crippen LogP contribution in [0.3, 0.4) is 0 Å².